The molecular formula is C14H19N3O. The topological polar surface area (TPSA) is 58.4 Å². The Bertz CT molecular complexity index is 417. The summed E-state index contributed by atoms with van der Waals surface area (Å²) in [4.78, 5) is 13.9. The number of nitrogens with two attached hydrogens (primary N) is 1. The first kappa shape index (κ1) is 12.6. The molecule has 3 N–H and O–H groups in total. The summed E-state index contributed by atoms with van der Waals surface area (Å²) in [5, 5.41) is 3.28. The molecular weight excluding hydrogens is 226 g/mol. The van der Waals surface area contributed by atoms with E-state index in [4.69, 9.17) is 5.73 Å². The number of rotatable bonds is 2. The van der Waals surface area contributed by atoms with Gasteiger partial charge in [0.05, 0.1) is 0 Å². The highest BCUT2D eigenvalue weighted by Gasteiger charge is 2.11. The van der Waals surface area contributed by atoms with Crippen molar-refractivity contribution < 1.29 is 4.79 Å². The lowest BCUT2D eigenvalue weighted by atomic mass is 10.2. The van der Waals surface area contributed by atoms with Crippen molar-refractivity contribution in [1.82, 2.24) is 10.2 Å². The predicted octanol–water partition coefficient (Wildman–Crippen LogP) is 1.10. The van der Waals surface area contributed by atoms with Gasteiger partial charge in [0.2, 0.25) is 5.91 Å². The standard InChI is InChI=1S/C14H19N3O/c15-13-5-2-12(3-6-13)4-7-14(18)17-10-1-8-16-9-11-17/h2-7,16H,1,8-11,15H2/b7-4+. The van der Waals surface area contributed by atoms with Crippen molar-refractivity contribution in [3.8, 4) is 0 Å². The molecule has 2 rings (SSSR count). The molecule has 4 nitrogen and oxygen atoms in total. The molecule has 1 aliphatic heterocycles. The average Bonchev–Trinajstić information content (AvgIpc) is 2.66. The molecule has 0 aromatic heterocycles. The van der Waals surface area contributed by atoms with Gasteiger partial charge in [0.15, 0.2) is 0 Å². The Morgan fingerprint density at radius 3 is 2.78 bits per heavy atom. The SMILES string of the molecule is Nc1ccc(/C=C/C(=O)N2CCCNCC2)cc1. The van der Waals surface area contributed by atoms with Gasteiger partial charge in [-0.25, -0.2) is 0 Å². The molecule has 18 heavy (non-hydrogen) atoms. The van der Waals surface area contributed by atoms with E-state index in [1.54, 1.807) is 6.08 Å². The number of carbonyl (C=O) groups is 1. The summed E-state index contributed by atoms with van der Waals surface area (Å²) < 4.78 is 0. The van der Waals surface area contributed by atoms with Crippen molar-refractivity contribution in [2.24, 2.45) is 0 Å². The van der Waals surface area contributed by atoms with E-state index >= 15 is 0 Å². The quantitative estimate of drug-likeness (QED) is 0.606. The van der Waals surface area contributed by atoms with Crippen LogP contribution in [0.1, 0.15) is 12.0 Å². The number of nitrogen functional groups attached to an aromatic ring is 1. The van der Waals surface area contributed by atoms with Gasteiger partial charge in [-0.2, -0.15) is 0 Å². The van der Waals surface area contributed by atoms with E-state index in [0.29, 0.717) is 0 Å². The van der Waals surface area contributed by atoms with Crippen molar-refractivity contribution in [3.05, 3.63) is 35.9 Å². The molecule has 1 heterocycles. The van der Waals surface area contributed by atoms with Crippen molar-refractivity contribution in [1.29, 1.82) is 0 Å². The Labute approximate surface area is 107 Å². The summed E-state index contributed by atoms with van der Waals surface area (Å²) >= 11 is 0. The first-order valence-corrected chi connectivity index (χ1v) is 6.29. The average molecular weight is 245 g/mol. The Morgan fingerprint density at radius 2 is 2.00 bits per heavy atom. The second-order valence-corrected chi connectivity index (χ2v) is 4.43. The summed E-state index contributed by atoms with van der Waals surface area (Å²) in [7, 11) is 0. The molecule has 0 unspecified atom stereocenters. The summed E-state index contributed by atoms with van der Waals surface area (Å²) in [5.74, 6) is 0.0792. The van der Waals surface area contributed by atoms with Crippen LogP contribution < -0.4 is 11.1 Å². The van der Waals surface area contributed by atoms with E-state index in [0.717, 1.165) is 43.9 Å². The van der Waals surface area contributed by atoms with Crippen LogP contribution in [0.25, 0.3) is 6.08 Å². The molecule has 1 saturated heterocycles. The van der Waals surface area contributed by atoms with Crippen molar-refractivity contribution in [2.45, 2.75) is 6.42 Å². The fourth-order valence-corrected chi connectivity index (χ4v) is 1.95. The molecule has 1 aromatic rings. The van der Waals surface area contributed by atoms with E-state index in [-0.39, 0.29) is 5.91 Å². The lowest BCUT2D eigenvalue weighted by molar-refractivity contribution is -0.125. The molecule has 0 saturated carbocycles. The maximum absolute atomic E-state index is 12.0. The molecule has 0 aliphatic carbocycles. The molecule has 0 radical (unpaired) electrons. The van der Waals surface area contributed by atoms with Gasteiger partial charge < -0.3 is 16.0 Å². The van der Waals surface area contributed by atoms with Gasteiger partial charge in [-0.15, -0.1) is 0 Å². The third-order valence-corrected chi connectivity index (χ3v) is 3.01. The Morgan fingerprint density at radius 1 is 1.22 bits per heavy atom. The van der Waals surface area contributed by atoms with Gasteiger partial charge in [0.25, 0.3) is 0 Å². The zero-order valence-corrected chi connectivity index (χ0v) is 10.4. The molecule has 0 atom stereocenters. The summed E-state index contributed by atoms with van der Waals surface area (Å²) in [6.07, 6.45) is 4.48. The lowest BCUT2D eigenvalue weighted by Crippen LogP contribution is -2.32. The Hall–Kier alpha value is -1.81. The van der Waals surface area contributed by atoms with Crippen LogP contribution in [0.5, 0.6) is 0 Å². The molecule has 96 valence electrons. The largest absolute Gasteiger partial charge is 0.399 e. The smallest absolute Gasteiger partial charge is 0.246 e. The minimum Gasteiger partial charge on any atom is -0.399 e. The van der Waals surface area contributed by atoms with Gasteiger partial charge in [0.1, 0.15) is 0 Å². The maximum Gasteiger partial charge on any atom is 0.246 e. The van der Waals surface area contributed by atoms with E-state index in [2.05, 4.69) is 5.32 Å². The van der Waals surface area contributed by atoms with Crippen LogP contribution in [-0.2, 0) is 4.79 Å². The zero-order chi connectivity index (χ0) is 12.8. The number of benzene rings is 1. The minimum atomic E-state index is 0.0792. The van der Waals surface area contributed by atoms with E-state index in [1.807, 2.05) is 35.2 Å². The highest BCUT2D eigenvalue weighted by Crippen LogP contribution is 2.07. The van der Waals surface area contributed by atoms with Crippen LogP contribution in [0, 0.1) is 0 Å². The third-order valence-electron chi connectivity index (χ3n) is 3.01. The summed E-state index contributed by atoms with van der Waals surface area (Å²) in [6.45, 7) is 3.48. The van der Waals surface area contributed by atoms with Crippen molar-refractivity contribution in [3.63, 3.8) is 0 Å². The van der Waals surface area contributed by atoms with Crippen LogP contribution in [0.4, 0.5) is 5.69 Å². The summed E-state index contributed by atoms with van der Waals surface area (Å²) in [5.41, 5.74) is 7.34. The molecule has 4 heteroatoms. The number of hydrogen-bond acceptors (Lipinski definition) is 3. The first-order chi connectivity index (χ1) is 8.75. The van der Waals surface area contributed by atoms with Gasteiger partial charge in [-0.3, -0.25) is 4.79 Å². The Kier molecular flexibility index (Phi) is 4.36. The molecule has 1 aromatic carbocycles. The van der Waals surface area contributed by atoms with Crippen molar-refractivity contribution in [2.75, 3.05) is 31.9 Å². The number of amides is 1. The number of carbonyl (C=O) groups excluding carboxylic acids is 1. The zero-order valence-electron chi connectivity index (χ0n) is 10.4. The predicted molar refractivity (Wildman–Crippen MR) is 74.0 cm³/mol. The number of anilines is 1. The second-order valence-electron chi connectivity index (χ2n) is 4.43. The second kappa shape index (κ2) is 6.21. The van der Waals surface area contributed by atoms with Crippen molar-refractivity contribution >= 4 is 17.7 Å². The van der Waals surface area contributed by atoms with E-state index < -0.39 is 0 Å². The van der Waals surface area contributed by atoms with Crippen LogP contribution in [-0.4, -0.2) is 37.0 Å². The molecule has 1 amide bonds. The molecule has 1 fully saturated rings. The lowest BCUT2D eigenvalue weighted by Gasteiger charge is -2.17. The van der Waals surface area contributed by atoms with Crippen LogP contribution in [0.2, 0.25) is 0 Å². The molecule has 0 bridgehead atoms. The highest BCUT2D eigenvalue weighted by molar-refractivity contribution is 5.91. The molecule has 1 aliphatic rings. The van der Waals surface area contributed by atoms with Gasteiger partial charge in [-0.1, -0.05) is 12.1 Å². The van der Waals surface area contributed by atoms with Crippen LogP contribution >= 0.6 is 0 Å². The minimum absolute atomic E-state index is 0.0792. The van der Waals surface area contributed by atoms with Gasteiger partial charge >= 0.3 is 0 Å². The highest BCUT2D eigenvalue weighted by atomic mass is 16.2. The van der Waals surface area contributed by atoms with Crippen LogP contribution in [0.15, 0.2) is 30.3 Å². The van der Waals surface area contributed by atoms with Gasteiger partial charge in [-0.05, 0) is 36.7 Å². The van der Waals surface area contributed by atoms with E-state index in [1.165, 1.54) is 0 Å². The summed E-state index contributed by atoms with van der Waals surface area (Å²) in [6, 6.07) is 7.48. The Balaban J connectivity index is 1.95. The number of nitrogens with zero attached hydrogens (tertiary/aromatic N) is 1. The number of nitrogens with one attached hydrogen (secondary N) is 1. The third kappa shape index (κ3) is 3.60. The fraction of sp³-hybridized carbons (Fsp3) is 0.357. The number of hydrogen-bond donors (Lipinski definition) is 2. The fourth-order valence-electron chi connectivity index (χ4n) is 1.95. The maximum atomic E-state index is 12.0. The van der Waals surface area contributed by atoms with E-state index in [9.17, 15) is 4.79 Å². The normalized spacial score (nSPS) is 16.8. The van der Waals surface area contributed by atoms with Crippen LogP contribution in [0.3, 0.4) is 0 Å². The monoisotopic (exact) mass is 245 g/mol. The first-order valence-electron chi connectivity index (χ1n) is 6.29. The van der Waals surface area contributed by atoms with Gasteiger partial charge in [0, 0.05) is 31.4 Å². The molecule has 0 spiro atoms.